The first-order valence-electron chi connectivity index (χ1n) is 5.85. The zero-order chi connectivity index (χ0) is 10.5. The van der Waals surface area contributed by atoms with Gasteiger partial charge in [-0.1, -0.05) is 0 Å². The second kappa shape index (κ2) is 5.33. The van der Waals surface area contributed by atoms with E-state index >= 15 is 0 Å². The summed E-state index contributed by atoms with van der Waals surface area (Å²) >= 11 is 0. The van der Waals surface area contributed by atoms with Gasteiger partial charge in [-0.15, -0.1) is 0 Å². The zero-order valence-electron chi connectivity index (χ0n) is 9.50. The lowest BCUT2D eigenvalue weighted by atomic mass is 10.1. The number of aromatic nitrogens is 1. The lowest BCUT2D eigenvalue weighted by molar-refractivity contribution is 0.298. The van der Waals surface area contributed by atoms with Crippen LogP contribution in [0.4, 0.5) is 0 Å². The van der Waals surface area contributed by atoms with Crippen LogP contribution < -0.4 is 5.32 Å². The van der Waals surface area contributed by atoms with E-state index in [-0.39, 0.29) is 0 Å². The first-order valence-corrected chi connectivity index (χ1v) is 5.85. The minimum Gasteiger partial charge on any atom is -0.367 e. The van der Waals surface area contributed by atoms with E-state index in [9.17, 15) is 0 Å². The van der Waals surface area contributed by atoms with Crippen molar-refractivity contribution in [3.8, 4) is 0 Å². The summed E-state index contributed by atoms with van der Waals surface area (Å²) in [7, 11) is 2.20. The maximum Gasteiger partial charge on any atom is 0.0245 e. The van der Waals surface area contributed by atoms with Crippen molar-refractivity contribution in [2.24, 2.45) is 5.92 Å². The van der Waals surface area contributed by atoms with Gasteiger partial charge in [-0.05, 0) is 57.1 Å². The monoisotopic (exact) mass is 207 g/mol. The molecule has 1 unspecified atom stereocenters. The second-order valence-corrected chi connectivity index (χ2v) is 4.60. The average molecular weight is 207 g/mol. The van der Waals surface area contributed by atoms with Gasteiger partial charge in [0.25, 0.3) is 0 Å². The van der Waals surface area contributed by atoms with Crippen LogP contribution in [0.15, 0.2) is 18.5 Å². The summed E-state index contributed by atoms with van der Waals surface area (Å²) < 4.78 is 0. The van der Waals surface area contributed by atoms with Crippen LogP contribution in [0.25, 0.3) is 0 Å². The van der Waals surface area contributed by atoms with E-state index in [4.69, 9.17) is 0 Å². The molecule has 0 radical (unpaired) electrons. The molecule has 1 atom stereocenters. The molecular formula is C12H21N3. The maximum atomic E-state index is 3.42. The molecule has 2 rings (SSSR count). The molecule has 0 aromatic carbocycles. The van der Waals surface area contributed by atoms with Crippen LogP contribution in [0, 0.1) is 5.92 Å². The first-order chi connectivity index (χ1) is 7.34. The van der Waals surface area contributed by atoms with Gasteiger partial charge in [0.05, 0.1) is 0 Å². The summed E-state index contributed by atoms with van der Waals surface area (Å²) in [5.74, 6) is 0.902. The number of nitrogens with one attached hydrogen (secondary N) is 2. The molecule has 1 aromatic heterocycles. The second-order valence-electron chi connectivity index (χ2n) is 4.60. The van der Waals surface area contributed by atoms with E-state index in [0.717, 1.165) is 12.5 Å². The lowest BCUT2D eigenvalue weighted by Crippen LogP contribution is -2.21. The summed E-state index contributed by atoms with van der Waals surface area (Å²) in [6, 6.07) is 2.15. The van der Waals surface area contributed by atoms with Crippen molar-refractivity contribution in [3.63, 3.8) is 0 Å². The van der Waals surface area contributed by atoms with Crippen molar-refractivity contribution in [2.45, 2.75) is 19.4 Å². The molecule has 0 saturated carbocycles. The highest BCUT2D eigenvalue weighted by Gasteiger charge is 2.14. The molecule has 0 aliphatic carbocycles. The summed E-state index contributed by atoms with van der Waals surface area (Å²) in [6.07, 6.45) is 6.75. The van der Waals surface area contributed by atoms with Gasteiger partial charge in [0.2, 0.25) is 0 Å². The third-order valence-electron chi connectivity index (χ3n) is 3.20. The summed E-state index contributed by atoms with van der Waals surface area (Å²) in [4.78, 5) is 5.50. The van der Waals surface area contributed by atoms with Crippen LogP contribution in [0.2, 0.25) is 0 Å². The SMILES string of the molecule is CN(CCC1CCNC1)Cc1cc[nH]c1. The van der Waals surface area contributed by atoms with E-state index in [1.807, 2.05) is 6.20 Å². The predicted molar refractivity (Wildman–Crippen MR) is 62.7 cm³/mol. The molecule has 1 fully saturated rings. The van der Waals surface area contributed by atoms with E-state index in [1.165, 1.54) is 38.0 Å². The zero-order valence-corrected chi connectivity index (χ0v) is 9.50. The van der Waals surface area contributed by atoms with Crippen molar-refractivity contribution < 1.29 is 0 Å². The smallest absolute Gasteiger partial charge is 0.0245 e. The van der Waals surface area contributed by atoms with Gasteiger partial charge in [-0.25, -0.2) is 0 Å². The Morgan fingerprint density at radius 2 is 2.47 bits per heavy atom. The summed E-state index contributed by atoms with van der Waals surface area (Å²) in [6.45, 7) is 4.70. The Hall–Kier alpha value is -0.800. The van der Waals surface area contributed by atoms with Crippen LogP contribution in [-0.2, 0) is 6.54 Å². The van der Waals surface area contributed by atoms with Crippen LogP contribution >= 0.6 is 0 Å². The molecule has 0 spiro atoms. The molecule has 1 aromatic rings. The maximum absolute atomic E-state index is 3.42. The topological polar surface area (TPSA) is 31.1 Å². The molecule has 2 heterocycles. The molecule has 2 N–H and O–H groups in total. The largest absolute Gasteiger partial charge is 0.367 e. The minimum atomic E-state index is 0.902. The van der Waals surface area contributed by atoms with Crippen LogP contribution in [-0.4, -0.2) is 36.6 Å². The third-order valence-corrected chi connectivity index (χ3v) is 3.20. The van der Waals surface area contributed by atoms with Crippen molar-refractivity contribution >= 4 is 0 Å². The Morgan fingerprint density at radius 3 is 3.13 bits per heavy atom. The minimum absolute atomic E-state index is 0.902. The predicted octanol–water partition coefficient (Wildman–Crippen LogP) is 1.45. The molecule has 0 amide bonds. The Morgan fingerprint density at radius 1 is 1.53 bits per heavy atom. The van der Waals surface area contributed by atoms with Gasteiger partial charge in [-0.3, -0.25) is 0 Å². The number of hydrogen-bond donors (Lipinski definition) is 2. The lowest BCUT2D eigenvalue weighted by Gasteiger charge is -2.17. The number of aromatic amines is 1. The van der Waals surface area contributed by atoms with Crippen LogP contribution in [0.3, 0.4) is 0 Å². The molecule has 0 bridgehead atoms. The Kier molecular flexibility index (Phi) is 3.80. The molecular weight excluding hydrogens is 186 g/mol. The van der Waals surface area contributed by atoms with Gasteiger partial charge in [0.1, 0.15) is 0 Å². The van der Waals surface area contributed by atoms with Crippen LogP contribution in [0.1, 0.15) is 18.4 Å². The Labute approximate surface area is 91.9 Å². The van der Waals surface area contributed by atoms with Crippen LogP contribution in [0.5, 0.6) is 0 Å². The first kappa shape index (κ1) is 10.7. The molecule has 3 nitrogen and oxygen atoms in total. The fourth-order valence-corrected chi connectivity index (χ4v) is 2.21. The number of hydrogen-bond acceptors (Lipinski definition) is 2. The van der Waals surface area contributed by atoms with Crippen molar-refractivity contribution in [3.05, 3.63) is 24.0 Å². The molecule has 1 saturated heterocycles. The van der Waals surface area contributed by atoms with Crippen molar-refractivity contribution in [2.75, 3.05) is 26.7 Å². The van der Waals surface area contributed by atoms with Gasteiger partial charge < -0.3 is 15.2 Å². The third kappa shape index (κ3) is 3.36. The number of H-pyrrole nitrogens is 1. The molecule has 15 heavy (non-hydrogen) atoms. The van der Waals surface area contributed by atoms with Gasteiger partial charge in [-0.2, -0.15) is 0 Å². The average Bonchev–Trinajstić information content (AvgIpc) is 2.86. The van der Waals surface area contributed by atoms with E-state index in [0.29, 0.717) is 0 Å². The molecule has 3 heteroatoms. The Bertz CT molecular complexity index is 262. The van der Waals surface area contributed by atoms with Crippen molar-refractivity contribution in [1.29, 1.82) is 0 Å². The molecule has 1 aliphatic rings. The molecule has 1 aliphatic heterocycles. The number of nitrogens with zero attached hydrogens (tertiary/aromatic N) is 1. The number of rotatable bonds is 5. The summed E-state index contributed by atoms with van der Waals surface area (Å²) in [5.41, 5.74) is 1.38. The highest BCUT2D eigenvalue weighted by molar-refractivity contribution is 5.07. The van der Waals surface area contributed by atoms with Crippen molar-refractivity contribution in [1.82, 2.24) is 15.2 Å². The van der Waals surface area contributed by atoms with Gasteiger partial charge in [0.15, 0.2) is 0 Å². The van der Waals surface area contributed by atoms with Gasteiger partial charge in [0, 0.05) is 18.9 Å². The normalized spacial score (nSPS) is 21.3. The fourth-order valence-electron chi connectivity index (χ4n) is 2.21. The highest BCUT2D eigenvalue weighted by Crippen LogP contribution is 2.13. The summed E-state index contributed by atoms with van der Waals surface area (Å²) in [5, 5.41) is 3.42. The van der Waals surface area contributed by atoms with E-state index < -0.39 is 0 Å². The molecule has 84 valence electrons. The fraction of sp³-hybridized carbons (Fsp3) is 0.667. The van der Waals surface area contributed by atoms with E-state index in [1.54, 1.807) is 0 Å². The Balaban J connectivity index is 1.66. The highest BCUT2D eigenvalue weighted by atomic mass is 15.1. The van der Waals surface area contributed by atoms with E-state index in [2.05, 4.69) is 34.5 Å². The van der Waals surface area contributed by atoms with Gasteiger partial charge >= 0.3 is 0 Å². The standard InChI is InChI=1S/C12H21N3/c1-15(10-12-3-6-14-9-12)7-4-11-2-5-13-8-11/h3,6,9,11,13-14H,2,4-5,7-8,10H2,1H3. The quantitative estimate of drug-likeness (QED) is 0.765.